The quantitative estimate of drug-likeness (QED) is 0.0262. The van der Waals surface area contributed by atoms with Crippen molar-refractivity contribution < 1.29 is 28.6 Å². The lowest BCUT2D eigenvalue weighted by Crippen LogP contribution is -2.30. The Morgan fingerprint density at radius 3 is 0.971 bits per heavy atom. The molecule has 0 aromatic heterocycles. The van der Waals surface area contributed by atoms with Crippen LogP contribution in [-0.2, 0) is 28.6 Å². The number of carbonyl (C=O) groups is 3. The van der Waals surface area contributed by atoms with Crippen molar-refractivity contribution in [1.82, 2.24) is 0 Å². The van der Waals surface area contributed by atoms with Crippen molar-refractivity contribution in [2.45, 2.75) is 239 Å². The SMILES string of the molecule is CC/C=C\C/C=C\C/C=C\C/C=C\C/C=C\C/C=C\CCC(=O)OCC(COC(=O)CCCCCCC/C=C\CCCCCCCCC)OC(=O)CCCCCC/C=C\C/C=C\C/C=C\C/C=C\CC. The molecule has 0 aromatic carbocycles. The maximum Gasteiger partial charge on any atom is 0.306 e. The zero-order valence-electron chi connectivity index (χ0n) is 45.0. The molecule has 0 radical (unpaired) electrons. The highest BCUT2D eigenvalue weighted by atomic mass is 16.6. The Morgan fingerprint density at radius 2 is 0.586 bits per heavy atom. The zero-order valence-corrected chi connectivity index (χ0v) is 45.0. The number of hydrogen-bond donors (Lipinski definition) is 0. The van der Waals surface area contributed by atoms with E-state index in [1.807, 2.05) is 12.2 Å². The number of ether oxygens (including phenoxy) is 3. The van der Waals surface area contributed by atoms with Crippen LogP contribution in [0.4, 0.5) is 0 Å². The van der Waals surface area contributed by atoms with E-state index >= 15 is 0 Å². The van der Waals surface area contributed by atoms with Crippen molar-refractivity contribution in [2.75, 3.05) is 13.2 Å². The van der Waals surface area contributed by atoms with Crippen LogP contribution in [0.3, 0.4) is 0 Å². The van der Waals surface area contributed by atoms with Crippen LogP contribution < -0.4 is 0 Å². The van der Waals surface area contributed by atoms with Gasteiger partial charge in [0.15, 0.2) is 6.10 Å². The number of carbonyl (C=O) groups excluding carboxylic acids is 3. The summed E-state index contributed by atoms with van der Waals surface area (Å²) < 4.78 is 16.8. The molecule has 70 heavy (non-hydrogen) atoms. The first kappa shape index (κ1) is 65.5. The normalized spacial score (nSPS) is 13.1. The first-order valence-electron chi connectivity index (χ1n) is 28.2. The molecule has 6 heteroatoms. The lowest BCUT2D eigenvalue weighted by Gasteiger charge is -2.18. The zero-order chi connectivity index (χ0) is 50.7. The Bertz CT molecular complexity index is 1530. The Morgan fingerprint density at radius 1 is 0.300 bits per heavy atom. The second-order valence-corrected chi connectivity index (χ2v) is 18.1. The van der Waals surface area contributed by atoms with Crippen molar-refractivity contribution in [3.63, 3.8) is 0 Å². The van der Waals surface area contributed by atoms with E-state index in [-0.39, 0.29) is 44.0 Å². The average Bonchev–Trinajstić information content (AvgIpc) is 3.36. The Kier molecular flexibility index (Phi) is 53.5. The summed E-state index contributed by atoms with van der Waals surface area (Å²) in [6.45, 7) is 6.31. The highest BCUT2D eigenvalue weighted by molar-refractivity contribution is 5.71. The fourth-order valence-corrected chi connectivity index (χ4v) is 7.22. The summed E-state index contributed by atoms with van der Waals surface area (Å²) in [7, 11) is 0. The summed E-state index contributed by atoms with van der Waals surface area (Å²) in [5.74, 6) is -1.04. The predicted octanol–water partition coefficient (Wildman–Crippen LogP) is 19.0. The molecule has 6 nitrogen and oxygen atoms in total. The van der Waals surface area contributed by atoms with Crippen molar-refractivity contribution in [3.05, 3.63) is 134 Å². The van der Waals surface area contributed by atoms with Gasteiger partial charge < -0.3 is 14.2 Å². The number of rotatable bonds is 49. The van der Waals surface area contributed by atoms with Gasteiger partial charge in [0.2, 0.25) is 0 Å². The molecule has 1 unspecified atom stereocenters. The molecule has 0 aliphatic rings. The van der Waals surface area contributed by atoms with Crippen LogP contribution in [0.2, 0.25) is 0 Å². The van der Waals surface area contributed by atoms with Crippen molar-refractivity contribution in [3.8, 4) is 0 Å². The van der Waals surface area contributed by atoms with Gasteiger partial charge in [0.05, 0.1) is 0 Å². The second kappa shape index (κ2) is 57.1. The predicted molar refractivity (Wildman–Crippen MR) is 302 cm³/mol. The van der Waals surface area contributed by atoms with E-state index in [2.05, 4.69) is 142 Å². The van der Waals surface area contributed by atoms with Gasteiger partial charge in [-0.2, -0.15) is 0 Å². The van der Waals surface area contributed by atoms with Gasteiger partial charge in [0, 0.05) is 19.3 Å². The summed E-state index contributed by atoms with van der Waals surface area (Å²) in [4.78, 5) is 38.1. The van der Waals surface area contributed by atoms with Crippen LogP contribution in [-0.4, -0.2) is 37.2 Å². The van der Waals surface area contributed by atoms with Crippen molar-refractivity contribution in [1.29, 1.82) is 0 Å². The molecule has 0 N–H and O–H groups in total. The number of unbranched alkanes of at least 4 members (excludes halogenated alkanes) is 16. The standard InChI is InChI=1S/C64H102O6/c1-4-7-10-13-16-19-22-25-28-31-32-34-36-39-42-45-48-51-54-57-63(66)69-60-61(59-68-62(65)56-53-50-47-44-41-38-35-30-27-24-21-18-15-12-9-6-3)70-64(67)58-55-52-49-46-43-40-37-33-29-26-23-20-17-14-11-8-5-2/h7-8,10-11,16-17,19-20,25-26,28-30,32,34-35,37,39-40,42,48,51,61H,4-6,9,12-15,18,21-24,27,31,33,36,38,41,43-47,49-50,52-60H2,1-3H3/b10-7-,11-8-,19-16-,20-17-,28-25-,29-26-,34-32-,35-30-,40-37-,42-39-,51-48-. The van der Waals surface area contributed by atoms with Crippen molar-refractivity contribution >= 4 is 17.9 Å². The minimum atomic E-state index is -0.830. The molecule has 1 atom stereocenters. The van der Waals surface area contributed by atoms with E-state index in [0.29, 0.717) is 12.8 Å². The van der Waals surface area contributed by atoms with Gasteiger partial charge in [0.25, 0.3) is 0 Å². The fraction of sp³-hybridized carbons (Fsp3) is 0.609. The summed E-state index contributed by atoms with van der Waals surface area (Å²) in [6, 6.07) is 0. The maximum atomic E-state index is 12.8. The van der Waals surface area contributed by atoms with Crippen LogP contribution in [0.1, 0.15) is 233 Å². The Labute approximate surface area is 430 Å². The van der Waals surface area contributed by atoms with Crippen LogP contribution in [0.15, 0.2) is 134 Å². The summed E-state index contributed by atoms with van der Waals surface area (Å²) in [5, 5.41) is 0. The van der Waals surface area contributed by atoms with Crippen molar-refractivity contribution in [2.24, 2.45) is 0 Å². The summed E-state index contributed by atoms with van der Waals surface area (Å²) in [5.41, 5.74) is 0. The smallest absolute Gasteiger partial charge is 0.306 e. The lowest BCUT2D eigenvalue weighted by molar-refractivity contribution is -0.166. The molecule has 0 fully saturated rings. The molecule has 0 spiro atoms. The van der Waals surface area contributed by atoms with E-state index in [1.165, 1.54) is 57.8 Å². The molecular weight excluding hydrogens is 865 g/mol. The van der Waals surface area contributed by atoms with Crippen LogP contribution in [0.5, 0.6) is 0 Å². The van der Waals surface area contributed by atoms with Gasteiger partial charge in [0.1, 0.15) is 13.2 Å². The molecule has 0 rings (SSSR count). The average molecular weight is 968 g/mol. The number of allylic oxidation sites excluding steroid dienone is 22. The molecule has 0 bridgehead atoms. The molecule has 0 saturated heterocycles. The topological polar surface area (TPSA) is 78.9 Å². The minimum absolute atomic E-state index is 0.120. The molecule has 0 heterocycles. The molecule has 394 valence electrons. The molecule has 0 saturated carbocycles. The Balaban J connectivity index is 4.58. The first-order valence-corrected chi connectivity index (χ1v) is 28.2. The maximum absolute atomic E-state index is 12.8. The molecule has 0 aliphatic heterocycles. The van der Waals surface area contributed by atoms with E-state index in [4.69, 9.17) is 14.2 Å². The third-order valence-electron chi connectivity index (χ3n) is 11.4. The molecule has 0 aliphatic carbocycles. The van der Waals surface area contributed by atoms with E-state index in [0.717, 1.165) is 128 Å². The van der Waals surface area contributed by atoms with Gasteiger partial charge in [-0.25, -0.2) is 0 Å². The molecular formula is C64H102O6. The lowest BCUT2D eigenvalue weighted by atomic mass is 10.1. The first-order chi connectivity index (χ1) is 34.5. The van der Waals surface area contributed by atoms with Gasteiger partial charge in [-0.3, -0.25) is 14.4 Å². The highest BCUT2D eigenvalue weighted by Gasteiger charge is 2.19. The van der Waals surface area contributed by atoms with Gasteiger partial charge >= 0.3 is 17.9 Å². The van der Waals surface area contributed by atoms with E-state index < -0.39 is 6.10 Å². The third-order valence-corrected chi connectivity index (χ3v) is 11.4. The summed E-state index contributed by atoms with van der Waals surface area (Å²) >= 11 is 0. The van der Waals surface area contributed by atoms with Gasteiger partial charge in [-0.05, 0) is 122 Å². The number of esters is 3. The van der Waals surface area contributed by atoms with Gasteiger partial charge in [-0.15, -0.1) is 0 Å². The largest absolute Gasteiger partial charge is 0.462 e. The monoisotopic (exact) mass is 967 g/mol. The van der Waals surface area contributed by atoms with Gasteiger partial charge in [-0.1, -0.05) is 225 Å². The molecule has 0 amide bonds. The Hall–Kier alpha value is -4.45. The molecule has 0 aromatic rings. The van der Waals surface area contributed by atoms with E-state index in [1.54, 1.807) is 0 Å². The third kappa shape index (κ3) is 54.5. The fourth-order valence-electron chi connectivity index (χ4n) is 7.22. The second-order valence-electron chi connectivity index (χ2n) is 18.1. The number of hydrogen-bond acceptors (Lipinski definition) is 6. The van der Waals surface area contributed by atoms with E-state index in [9.17, 15) is 14.4 Å². The van der Waals surface area contributed by atoms with Crippen LogP contribution >= 0.6 is 0 Å². The van der Waals surface area contributed by atoms with Crippen LogP contribution in [0, 0.1) is 0 Å². The minimum Gasteiger partial charge on any atom is -0.462 e. The highest BCUT2D eigenvalue weighted by Crippen LogP contribution is 2.13. The van der Waals surface area contributed by atoms with Crippen LogP contribution in [0.25, 0.3) is 0 Å². The summed E-state index contributed by atoms with van der Waals surface area (Å²) in [6.07, 6.45) is 80.2.